The van der Waals surface area contributed by atoms with Gasteiger partial charge in [-0.05, 0) is 183 Å². The molecule has 0 heterocycles. The van der Waals surface area contributed by atoms with Gasteiger partial charge in [0.25, 0.3) is 0 Å². The van der Waals surface area contributed by atoms with E-state index in [1.54, 1.807) is 11.1 Å². The van der Waals surface area contributed by atoms with Crippen LogP contribution in [0, 0.1) is 81.3 Å². The van der Waals surface area contributed by atoms with E-state index in [1.807, 2.05) is 0 Å². The third-order valence-electron chi connectivity index (χ3n) is 18.7. The molecule has 324 valence electrons. The van der Waals surface area contributed by atoms with Crippen molar-refractivity contribution in [3.63, 3.8) is 0 Å². The number of hydrogen-bond acceptors (Lipinski definition) is 2. The summed E-state index contributed by atoms with van der Waals surface area (Å²) in [5.74, 6) is 7.96. The second-order valence-corrected chi connectivity index (χ2v) is 22.7. The Morgan fingerprint density at radius 3 is 1.81 bits per heavy atom. The molecule has 0 saturated heterocycles. The van der Waals surface area contributed by atoms with Crippen LogP contribution in [0.15, 0.2) is 83.1 Å². The Bertz CT molecular complexity index is 1630. The molecule has 0 spiro atoms. The van der Waals surface area contributed by atoms with Crippen LogP contribution in [0.1, 0.15) is 172 Å². The summed E-state index contributed by atoms with van der Waals surface area (Å²) >= 11 is 0. The van der Waals surface area contributed by atoms with Gasteiger partial charge in [-0.2, -0.15) is 0 Å². The number of fused-ring (bicyclic) bond motifs is 6. The van der Waals surface area contributed by atoms with Gasteiger partial charge in [0.15, 0.2) is 0 Å². The number of hydrogen-bond donors (Lipinski definition) is 2. The summed E-state index contributed by atoms with van der Waals surface area (Å²) in [6.07, 6.45) is 37.2. The molecule has 9 unspecified atom stereocenters. The first-order valence-electron chi connectivity index (χ1n) is 24.6. The third kappa shape index (κ3) is 9.30. The molecular weight excluding hydrogens is 705 g/mol. The predicted molar refractivity (Wildman–Crippen MR) is 249 cm³/mol. The maximum absolute atomic E-state index is 10.2. The van der Waals surface area contributed by atoms with Crippen molar-refractivity contribution in [2.45, 2.75) is 185 Å². The van der Waals surface area contributed by atoms with Gasteiger partial charge >= 0.3 is 0 Å². The Hall–Kier alpha value is -1.90. The number of rotatable bonds is 9. The highest BCUT2D eigenvalue weighted by atomic mass is 16.3. The first-order chi connectivity index (χ1) is 27.4. The highest BCUT2D eigenvalue weighted by molar-refractivity contribution is 5.39. The van der Waals surface area contributed by atoms with E-state index in [-0.39, 0.29) is 12.2 Å². The molecule has 0 aromatic carbocycles. The highest BCUT2D eigenvalue weighted by Gasteiger charge is 2.57. The van der Waals surface area contributed by atoms with Crippen LogP contribution in [-0.2, 0) is 0 Å². The normalized spacial score (nSPS) is 41.1. The Balaban J connectivity index is 0.000000196. The fraction of sp³-hybridized carbons (Fsp3) is 0.750. The van der Waals surface area contributed by atoms with Gasteiger partial charge in [0.05, 0.1) is 12.2 Å². The summed E-state index contributed by atoms with van der Waals surface area (Å²) in [6, 6.07) is 0. The van der Waals surface area contributed by atoms with Gasteiger partial charge in [-0.3, -0.25) is 0 Å². The molecule has 0 bridgehead atoms. The lowest BCUT2D eigenvalue weighted by Crippen LogP contribution is -2.46. The average Bonchev–Trinajstić information content (AvgIpc) is 3.73. The highest BCUT2D eigenvalue weighted by Crippen LogP contribution is 2.66. The molecule has 0 radical (unpaired) electrons. The van der Waals surface area contributed by atoms with Gasteiger partial charge in [0.1, 0.15) is 0 Å². The topological polar surface area (TPSA) is 40.5 Å². The van der Waals surface area contributed by atoms with Crippen LogP contribution in [0.4, 0.5) is 0 Å². The van der Waals surface area contributed by atoms with E-state index >= 15 is 0 Å². The fourth-order valence-electron chi connectivity index (χ4n) is 13.8. The van der Waals surface area contributed by atoms with Crippen LogP contribution in [0.3, 0.4) is 0 Å². The van der Waals surface area contributed by atoms with Gasteiger partial charge in [-0.25, -0.2) is 0 Å². The summed E-state index contributed by atoms with van der Waals surface area (Å²) in [6.45, 7) is 30.9. The second-order valence-electron chi connectivity index (χ2n) is 22.7. The van der Waals surface area contributed by atoms with Crippen LogP contribution in [0.2, 0.25) is 0 Å². The van der Waals surface area contributed by atoms with Crippen LogP contribution in [-0.4, -0.2) is 22.4 Å². The van der Waals surface area contributed by atoms with Crippen LogP contribution in [0.5, 0.6) is 0 Å². The maximum Gasteiger partial charge on any atom is 0.0583 e. The van der Waals surface area contributed by atoms with Crippen molar-refractivity contribution in [1.29, 1.82) is 0 Å². The smallest absolute Gasteiger partial charge is 0.0583 e. The molecule has 0 aromatic rings. The van der Waals surface area contributed by atoms with E-state index in [4.69, 9.17) is 0 Å². The van der Waals surface area contributed by atoms with E-state index in [0.717, 1.165) is 73.5 Å². The van der Waals surface area contributed by atoms with Gasteiger partial charge in [0, 0.05) is 0 Å². The molecule has 6 saturated carbocycles. The molecule has 6 fully saturated rings. The van der Waals surface area contributed by atoms with Crippen molar-refractivity contribution in [2.75, 3.05) is 0 Å². The number of aliphatic hydroxyl groups excluding tert-OH is 2. The summed E-state index contributed by atoms with van der Waals surface area (Å²) < 4.78 is 0. The standard InChI is InChI=1S/2C28H44O/c1-18(2)19(3)7-8-20(4)24-11-12-25-23-10-9-21-17-22(29)13-15-27(21,5)26(23)14-16-28(24,25)6;1-19(2)20(3)9-10-22(5)26-15-16-27-23(8-7-17-28(26,27)6)12-13-24-18-25(29)14-11-21(24)4/h7-10,18-20,22,24-26,29H,11-17H2,1-6H3;9-10,12-13,19-20,22,25-27,29H,4,7-8,11,14-18H2,1-3,5-6H3/b8-7+;10-9+,23-12-,24-13+/t19?,20?,22-,24+,25?,26?,27+,28+;20?,22?,25-,26?,27?,28?/m00/s1. The van der Waals surface area contributed by atoms with Crippen molar-refractivity contribution < 1.29 is 10.2 Å². The minimum Gasteiger partial charge on any atom is -0.393 e. The van der Waals surface area contributed by atoms with E-state index in [0.29, 0.717) is 39.9 Å². The molecule has 2 N–H and O–H groups in total. The van der Waals surface area contributed by atoms with Gasteiger partial charge in [-0.1, -0.05) is 154 Å². The van der Waals surface area contributed by atoms with Crippen molar-refractivity contribution in [1.82, 2.24) is 0 Å². The summed E-state index contributed by atoms with van der Waals surface area (Å²) in [5, 5.41) is 20.2. The SMILES string of the molecule is C=C1CC[C@H](O)C/C1=C\C=C1\CCCC2(C)C1CCC2C(C)/C=C/C(C)C(C)C.CC(C)C(C)/C=C/C(C)[C@H]1CCC2C3=CC=C4C[C@@H](O)CC[C@@]4(C)C3CC[C@@]21C. The van der Waals surface area contributed by atoms with Crippen LogP contribution >= 0.6 is 0 Å². The van der Waals surface area contributed by atoms with E-state index < -0.39 is 0 Å². The van der Waals surface area contributed by atoms with Crippen molar-refractivity contribution in [2.24, 2.45) is 81.3 Å². The number of allylic oxidation sites excluding steroid dienone is 11. The predicted octanol–water partition coefficient (Wildman–Crippen LogP) is 15.0. The minimum atomic E-state index is -0.182. The summed E-state index contributed by atoms with van der Waals surface area (Å²) in [4.78, 5) is 0. The first-order valence-corrected chi connectivity index (χ1v) is 24.6. The van der Waals surface area contributed by atoms with Gasteiger partial charge < -0.3 is 10.2 Å². The monoisotopic (exact) mass is 793 g/mol. The molecule has 2 heteroatoms. The fourth-order valence-corrected chi connectivity index (χ4v) is 13.8. The van der Waals surface area contributed by atoms with Gasteiger partial charge in [-0.15, -0.1) is 0 Å². The third-order valence-corrected chi connectivity index (χ3v) is 18.7. The Kier molecular flexibility index (Phi) is 14.6. The van der Waals surface area contributed by atoms with Crippen molar-refractivity contribution in [3.05, 3.63) is 83.1 Å². The zero-order valence-electron chi connectivity index (χ0n) is 39.3. The van der Waals surface area contributed by atoms with Crippen LogP contribution in [0.25, 0.3) is 0 Å². The Labute approximate surface area is 358 Å². The quantitative estimate of drug-likeness (QED) is 0.228. The van der Waals surface area contributed by atoms with Crippen molar-refractivity contribution >= 4 is 0 Å². The van der Waals surface area contributed by atoms with Gasteiger partial charge in [0.2, 0.25) is 0 Å². The van der Waals surface area contributed by atoms with Crippen molar-refractivity contribution in [3.8, 4) is 0 Å². The lowest BCUT2D eigenvalue weighted by molar-refractivity contribution is 0.0382. The molecule has 14 atom stereocenters. The zero-order valence-corrected chi connectivity index (χ0v) is 39.3. The second kappa shape index (κ2) is 18.6. The minimum absolute atomic E-state index is 0.116. The maximum atomic E-state index is 10.2. The average molecular weight is 793 g/mol. The summed E-state index contributed by atoms with van der Waals surface area (Å²) in [5.41, 5.74) is 8.68. The summed E-state index contributed by atoms with van der Waals surface area (Å²) in [7, 11) is 0. The Morgan fingerprint density at radius 1 is 0.603 bits per heavy atom. The molecule has 0 aromatic heterocycles. The molecular formula is C56H88O2. The Morgan fingerprint density at radius 2 is 1.19 bits per heavy atom. The molecule has 0 amide bonds. The molecule has 7 rings (SSSR count). The molecule has 7 aliphatic carbocycles. The lowest BCUT2D eigenvalue weighted by atomic mass is 9.50. The first kappa shape index (κ1) is 45.6. The largest absolute Gasteiger partial charge is 0.393 e. The molecule has 58 heavy (non-hydrogen) atoms. The zero-order chi connectivity index (χ0) is 42.2. The van der Waals surface area contributed by atoms with Crippen LogP contribution < -0.4 is 0 Å². The van der Waals surface area contributed by atoms with E-state index in [1.165, 1.54) is 80.9 Å². The van der Waals surface area contributed by atoms with E-state index in [2.05, 4.69) is 131 Å². The molecule has 7 aliphatic rings. The molecule has 0 aliphatic heterocycles. The number of aliphatic hydroxyl groups is 2. The molecule has 2 nitrogen and oxygen atoms in total. The lowest BCUT2D eigenvalue weighted by Gasteiger charge is -2.55. The van der Waals surface area contributed by atoms with E-state index in [9.17, 15) is 10.2 Å².